The Balaban J connectivity index is 1.31. The number of ether oxygens (including phenoxy) is 3. The first-order valence-electron chi connectivity index (χ1n) is 12.7. The summed E-state index contributed by atoms with van der Waals surface area (Å²) in [6.07, 6.45) is 6.52. The summed E-state index contributed by atoms with van der Waals surface area (Å²) in [5.41, 5.74) is 3.24. The van der Waals surface area contributed by atoms with Crippen molar-refractivity contribution in [3.8, 4) is 0 Å². The zero-order valence-corrected chi connectivity index (χ0v) is 20.5. The summed E-state index contributed by atoms with van der Waals surface area (Å²) < 4.78 is 16.9. The lowest BCUT2D eigenvalue weighted by atomic mass is 9.91. The van der Waals surface area contributed by atoms with E-state index < -0.39 is 6.29 Å². The molecule has 5 rings (SSSR count). The van der Waals surface area contributed by atoms with Crippen LogP contribution >= 0.6 is 0 Å². The highest BCUT2D eigenvalue weighted by molar-refractivity contribution is 5.92. The van der Waals surface area contributed by atoms with Gasteiger partial charge >= 0.3 is 5.97 Å². The molecule has 3 aliphatic rings. The number of carbonyl (C=O) groups excluding carboxylic acids is 2. The highest BCUT2D eigenvalue weighted by atomic mass is 16.7. The molecule has 1 heterocycles. The molecule has 2 fully saturated rings. The van der Waals surface area contributed by atoms with Crippen molar-refractivity contribution >= 4 is 11.9 Å². The van der Waals surface area contributed by atoms with Gasteiger partial charge in [0.05, 0.1) is 25.9 Å². The van der Waals surface area contributed by atoms with Crippen molar-refractivity contribution in [1.29, 1.82) is 0 Å². The Hall–Kier alpha value is -3.16. The Kier molecular flexibility index (Phi) is 7.39. The van der Waals surface area contributed by atoms with Gasteiger partial charge in [-0.2, -0.15) is 0 Å². The lowest BCUT2D eigenvalue weighted by Gasteiger charge is -2.31. The van der Waals surface area contributed by atoms with E-state index in [9.17, 15) is 14.7 Å². The molecule has 2 saturated carbocycles. The number of amides is 1. The van der Waals surface area contributed by atoms with Crippen molar-refractivity contribution in [1.82, 2.24) is 5.32 Å². The number of benzene rings is 2. The number of esters is 1. The molecule has 2 aromatic rings. The minimum atomic E-state index is -0.599. The first-order chi connectivity index (χ1) is 17.5. The largest absolute Gasteiger partial charge is 0.465 e. The first-order valence-corrected chi connectivity index (χ1v) is 12.7. The van der Waals surface area contributed by atoms with Crippen LogP contribution in [0.15, 0.2) is 60.4 Å². The third-order valence-corrected chi connectivity index (χ3v) is 7.74. The Morgan fingerprint density at radius 1 is 1.00 bits per heavy atom. The Morgan fingerprint density at radius 2 is 1.75 bits per heavy atom. The fourth-order valence-electron chi connectivity index (χ4n) is 5.73. The van der Waals surface area contributed by atoms with E-state index in [0.717, 1.165) is 29.0 Å². The number of aliphatic hydroxyl groups excluding tert-OH is 1. The number of aliphatic hydroxyl groups is 1. The smallest absolute Gasteiger partial charge is 0.337 e. The van der Waals surface area contributed by atoms with Crippen LogP contribution in [0.25, 0.3) is 0 Å². The van der Waals surface area contributed by atoms with Crippen molar-refractivity contribution < 1.29 is 28.9 Å². The van der Waals surface area contributed by atoms with Crippen LogP contribution < -0.4 is 5.32 Å². The lowest BCUT2D eigenvalue weighted by molar-refractivity contribution is -0.150. The zero-order chi connectivity index (χ0) is 25.1. The maximum atomic E-state index is 13.2. The minimum Gasteiger partial charge on any atom is -0.465 e. The molecule has 7 heteroatoms. The van der Waals surface area contributed by atoms with E-state index in [0.29, 0.717) is 24.5 Å². The molecule has 0 aromatic heterocycles. The summed E-state index contributed by atoms with van der Waals surface area (Å²) in [5.74, 6) is 0.905. The Morgan fingerprint density at radius 3 is 2.39 bits per heavy atom. The van der Waals surface area contributed by atoms with Crippen LogP contribution in [0.2, 0.25) is 0 Å². The van der Waals surface area contributed by atoms with Gasteiger partial charge in [-0.15, -0.1) is 0 Å². The number of hydrogen-bond donors (Lipinski definition) is 2. The highest BCUT2D eigenvalue weighted by Crippen LogP contribution is 2.44. The second kappa shape index (κ2) is 10.8. The molecular weight excluding hydrogens is 458 g/mol. The van der Waals surface area contributed by atoms with Crippen LogP contribution in [0.1, 0.15) is 65.1 Å². The van der Waals surface area contributed by atoms with E-state index in [1.807, 2.05) is 42.5 Å². The van der Waals surface area contributed by atoms with Crippen molar-refractivity contribution in [2.75, 3.05) is 7.11 Å². The van der Waals surface area contributed by atoms with Gasteiger partial charge in [0, 0.05) is 18.4 Å². The molecular formula is C29H33NO6. The third-order valence-electron chi connectivity index (χ3n) is 7.74. The van der Waals surface area contributed by atoms with E-state index in [4.69, 9.17) is 14.2 Å². The Labute approximate surface area is 211 Å². The molecule has 2 N–H and O–H groups in total. The summed E-state index contributed by atoms with van der Waals surface area (Å²) in [6.45, 7) is 0.320. The molecule has 1 amide bonds. The van der Waals surface area contributed by atoms with Crippen LogP contribution in [0.5, 0.6) is 0 Å². The van der Waals surface area contributed by atoms with E-state index >= 15 is 0 Å². The third kappa shape index (κ3) is 5.47. The molecule has 0 saturated heterocycles. The van der Waals surface area contributed by atoms with Gasteiger partial charge in [-0.25, -0.2) is 4.79 Å². The van der Waals surface area contributed by atoms with Gasteiger partial charge in [-0.3, -0.25) is 4.79 Å². The quantitative estimate of drug-likeness (QED) is 0.538. The number of hydrogen-bond acceptors (Lipinski definition) is 6. The maximum Gasteiger partial charge on any atom is 0.337 e. The molecule has 1 aliphatic heterocycles. The predicted octanol–water partition coefficient (Wildman–Crippen LogP) is 4.20. The van der Waals surface area contributed by atoms with Crippen molar-refractivity contribution in [3.05, 3.63) is 82.6 Å². The van der Waals surface area contributed by atoms with Crippen molar-refractivity contribution in [2.24, 2.45) is 11.8 Å². The lowest BCUT2D eigenvalue weighted by Crippen LogP contribution is -2.41. The van der Waals surface area contributed by atoms with Gasteiger partial charge in [0.15, 0.2) is 5.76 Å². The SMILES string of the molecule is COC(=O)c1ccc([C@H]2C=C(C(=O)NC3CC4CCC3C4)O[C@@H](OCc3ccc(CO)cc3)C2)cc1. The molecule has 2 bridgehead atoms. The van der Waals surface area contributed by atoms with Gasteiger partial charge < -0.3 is 24.6 Å². The first kappa shape index (κ1) is 24.5. The van der Waals surface area contributed by atoms with Crippen LogP contribution in [0, 0.1) is 11.8 Å². The van der Waals surface area contributed by atoms with Gasteiger partial charge in [0.2, 0.25) is 6.29 Å². The molecule has 3 unspecified atom stereocenters. The molecule has 190 valence electrons. The zero-order valence-electron chi connectivity index (χ0n) is 20.5. The minimum absolute atomic E-state index is 0.00478. The molecule has 36 heavy (non-hydrogen) atoms. The fraction of sp³-hybridized carbons (Fsp3) is 0.448. The normalized spacial score (nSPS) is 26.7. The molecule has 5 atom stereocenters. The van der Waals surface area contributed by atoms with Crippen LogP contribution in [-0.4, -0.2) is 36.4 Å². The van der Waals surface area contributed by atoms with Gasteiger partial charge in [-0.05, 0) is 66.0 Å². The van der Waals surface area contributed by atoms with Gasteiger partial charge in [-0.1, -0.05) is 42.8 Å². The van der Waals surface area contributed by atoms with Crippen LogP contribution in [0.3, 0.4) is 0 Å². The van der Waals surface area contributed by atoms with Gasteiger partial charge in [0.1, 0.15) is 0 Å². The average molecular weight is 492 g/mol. The topological polar surface area (TPSA) is 94.1 Å². The molecule has 0 radical (unpaired) electrons. The van der Waals surface area contributed by atoms with E-state index in [-0.39, 0.29) is 36.2 Å². The number of nitrogens with one attached hydrogen (secondary N) is 1. The number of allylic oxidation sites excluding steroid dienone is 1. The second-order valence-electron chi connectivity index (χ2n) is 10.1. The molecule has 2 aliphatic carbocycles. The monoisotopic (exact) mass is 491 g/mol. The van der Waals surface area contributed by atoms with Crippen LogP contribution in [0.4, 0.5) is 0 Å². The summed E-state index contributed by atoms with van der Waals surface area (Å²) in [6, 6.07) is 15.0. The molecule has 0 spiro atoms. The number of carbonyl (C=O) groups is 2. The molecule has 7 nitrogen and oxygen atoms in total. The number of fused-ring (bicyclic) bond motifs is 2. The second-order valence-corrected chi connectivity index (χ2v) is 10.1. The number of methoxy groups -OCH3 is 1. The number of rotatable bonds is 8. The predicted molar refractivity (Wildman–Crippen MR) is 133 cm³/mol. The highest BCUT2D eigenvalue weighted by Gasteiger charge is 2.41. The van der Waals surface area contributed by atoms with Crippen molar-refractivity contribution in [2.45, 2.75) is 63.6 Å². The van der Waals surface area contributed by atoms with E-state index in [1.54, 1.807) is 12.1 Å². The standard InChI is InChI=1S/C29H33NO6/c1-34-29(33)22-10-8-21(9-11-22)24-14-26(28(32)30-25-13-20-6-7-23(25)12-20)36-27(15-24)35-17-19-4-2-18(16-31)3-5-19/h2-5,8-11,14,20,23-25,27,31H,6-7,12-13,15-17H2,1H3,(H,30,32)/t20?,23?,24-,25?,27+/m0/s1. The average Bonchev–Trinajstić information content (AvgIpc) is 3.55. The summed E-state index contributed by atoms with van der Waals surface area (Å²) >= 11 is 0. The fourth-order valence-corrected chi connectivity index (χ4v) is 5.73. The van der Waals surface area contributed by atoms with Crippen LogP contribution in [-0.2, 0) is 32.2 Å². The van der Waals surface area contributed by atoms with E-state index in [2.05, 4.69) is 5.32 Å². The summed E-state index contributed by atoms with van der Waals surface area (Å²) in [7, 11) is 1.36. The van der Waals surface area contributed by atoms with Gasteiger partial charge in [0.25, 0.3) is 5.91 Å². The molecule has 2 aromatic carbocycles. The summed E-state index contributed by atoms with van der Waals surface area (Å²) in [4.78, 5) is 25.1. The Bertz CT molecular complexity index is 1110. The van der Waals surface area contributed by atoms with E-state index in [1.165, 1.54) is 26.4 Å². The van der Waals surface area contributed by atoms with Crippen molar-refractivity contribution in [3.63, 3.8) is 0 Å². The maximum absolute atomic E-state index is 13.2. The summed E-state index contributed by atoms with van der Waals surface area (Å²) in [5, 5.41) is 12.5.